The van der Waals surface area contributed by atoms with Crippen LogP contribution in [0.4, 0.5) is 0 Å². The summed E-state index contributed by atoms with van der Waals surface area (Å²) in [5, 5.41) is 2.52. The summed E-state index contributed by atoms with van der Waals surface area (Å²) in [6.45, 7) is 0.478. The molecule has 2 aliphatic rings. The minimum absolute atomic E-state index is 0.0821. The molecular weight excluding hydrogens is 383 g/mol. The number of hydrogen-bond donors (Lipinski definition) is 0. The van der Waals surface area contributed by atoms with Crippen molar-refractivity contribution < 1.29 is 8.42 Å². The molecule has 0 saturated heterocycles. The van der Waals surface area contributed by atoms with Crippen molar-refractivity contribution in [3.05, 3.63) is 38.8 Å². The van der Waals surface area contributed by atoms with Crippen molar-refractivity contribution in [2.45, 2.75) is 0 Å². The molecule has 0 aromatic heterocycles. The number of nitrogens with zero attached hydrogens (tertiary/aromatic N) is 2. The molecule has 94 valence electrons. The van der Waals surface area contributed by atoms with Crippen LogP contribution < -0.4 is 0 Å². The lowest BCUT2D eigenvalue weighted by atomic mass is 10.1. The molecule has 1 aromatic carbocycles. The summed E-state index contributed by atoms with van der Waals surface area (Å²) in [7, 11) is -3.26. The third-order valence-electron chi connectivity index (χ3n) is 2.73. The summed E-state index contributed by atoms with van der Waals surface area (Å²) in [5.74, 6) is 0.0821. The Morgan fingerprint density at radius 1 is 1.28 bits per heavy atom. The molecule has 7 heteroatoms. The monoisotopic (exact) mass is 392 g/mol. The molecule has 18 heavy (non-hydrogen) atoms. The molecule has 0 aliphatic carbocycles. The molecule has 0 bridgehead atoms. The molecule has 0 fully saturated rings. The topological polar surface area (TPSA) is 49.7 Å². The Hall–Kier alpha value is -0.540. The van der Waals surface area contributed by atoms with Gasteiger partial charge in [-0.2, -0.15) is 0 Å². The highest BCUT2D eigenvalue weighted by Gasteiger charge is 2.31. The van der Waals surface area contributed by atoms with Gasteiger partial charge in [-0.25, -0.2) is 8.42 Å². The summed E-state index contributed by atoms with van der Waals surface area (Å²) in [6, 6.07) is 8.16. The quantitative estimate of drug-likeness (QED) is 0.689. The van der Waals surface area contributed by atoms with Crippen LogP contribution in [-0.4, -0.2) is 30.8 Å². The van der Waals surface area contributed by atoms with Crippen LogP contribution in [0.1, 0.15) is 5.56 Å². The van der Waals surface area contributed by atoms with Crippen molar-refractivity contribution in [2.24, 2.45) is 4.40 Å². The predicted octanol–water partition coefficient (Wildman–Crippen LogP) is 2.34. The minimum atomic E-state index is -3.26. The first kappa shape index (κ1) is 12.5. The van der Waals surface area contributed by atoms with Gasteiger partial charge >= 0.3 is 0 Å². The standard InChI is InChI=1S/C11H9IN2O2S2/c12-9-3-1-8(2-4-9)10-7-17-11-13-18(15,16)6-5-14(10)11/h1-4,7H,5-6H2. The molecular formula is C11H9IN2O2S2. The SMILES string of the molecule is O=S1(=O)CCN2C(c3ccc(I)cc3)=CSC2=N1. The number of halogens is 1. The van der Waals surface area contributed by atoms with E-state index in [4.69, 9.17) is 0 Å². The zero-order chi connectivity index (χ0) is 12.8. The van der Waals surface area contributed by atoms with Crippen molar-refractivity contribution in [1.82, 2.24) is 4.90 Å². The Bertz CT molecular complexity index is 650. The van der Waals surface area contributed by atoms with E-state index in [1.54, 1.807) is 0 Å². The van der Waals surface area contributed by atoms with Gasteiger partial charge in [-0.1, -0.05) is 23.9 Å². The van der Waals surface area contributed by atoms with Crippen LogP contribution in [0.5, 0.6) is 0 Å². The predicted molar refractivity (Wildman–Crippen MR) is 82.7 cm³/mol. The van der Waals surface area contributed by atoms with Gasteiger partial charge in [0.15, 0.2) is 5.17 Å². The molecule has 3 rings (SSSR count). The lowest BCUT2D eigenvalue weighted by Crippen LogP contribution is -2.34. The average Bonchev–Trinajstić information content (AvgIpc) is 2.71. The molecule has 0 radical (unpaired) electrons. The van der Waals surface area contributed by atoms with Crippen LogP contribution >= 0.6 is 34.4 Å². The molecule has 1 aromatic rings. The van der Waals surface area contributed by atoms with Crippen molar-refractivity contribution >= 4 is 55.2 Å². The first-order chi connectivity index (χ1) is 8.55. The number of hydrogen-bond acceptors (Lipinski definition) is 4. The van der Waals surface area contributed by atoms with Gasteiger partial charge in [0.25, 0.3) is 10.0 Å². The maximum Gasteiger partial charge on any atom is 0.257 e. The maximum absolute atomic E-state index is 11.4. The van der Waals surface area contributed by atoms with Gasteiger partial charge in [0, 0.05) is 15.5 Å². The maximum atomic E-state index is 11.4. The summed E-state index contributed by atoms with van der Waals surface area (Å²) >= 11 is 3.63. The molecule has 0 saturated carbocycles. The van der Waals surface area contributed by atoms with Crippen molar-refractivity contribution in [1.29, 1.82) is 0 Å². The van der Waals surface area contributed by atoms with Crippen molar-refractivity contribution in [2.75, 3.05) is 12.3 Å². The second-order valence-electron chi connectivity index (χ2n) is 3.94. The van der Waals surface area contributed by atoms with Gasteiger partial charge in [0.1, 0.15) is 0 Å². The van der Waals surface area contributed by atoms with E-state index in [2.05, 4.69) is 27.0 Å². The molecule has 4 nitrogen and oxygen atoms in total. The van der Waals surface area contributed by atoms with Crippen molar-refractivity contribution in [3.8, 4) is 0 Å². The average molecular weight is 392 g/mol. The number of amidine groups is 1. The highest BCUT2D eigenvalue weighted by molar-refractivity contribution is 14.1. The zero-order valence-corrected chi connectivity index (χ0v) is 13.0. The first-order valence-corrected chi connectivity index (χ1v) is 8.85. The van der Waals surface area contributed by atoms with E-state index in [1.807, 2.05) is 34.6 Å². The van der Waals surface area contributed by atoms with Crippen LogP contribution in [0.2, 0.25) is 0 Å². The van der Waals surface area contributed by atoms with Crippen molar-refractivity contribution in [3.63, 3.8) is 0 Å². The number of fused-ring (bicyclic) bond motifs is 1. The van der Waals surface area contributed by atoms with Gasteiger partial charge in [0.2, 0.25) is 0 Å². The number of sulfonamides is 1. The number of benzene rings is 1. The van der Waals surface area contributed by atoms with Gasteiger partial charge in [-0.05, 0) is 40.3 Å². The van der Waals surface area contributed by atoms with E-state index in [1.165, 1.54) is 15.3 Å². The highest BCUT2D eigenvalue weighted by atomic mass is 127. The molecule has 0 atom stereocenters. The van der Waals surface area contributed by atoms with E-state index in [-0.39, 0.29) is 5.75 Å². The van der Waals surface area contributed by atoms with E-state index in [0.717, 1.165) is 11.3 Å². The number of thioether (sulfide) groups is 1. The first-order valence-electron chi connectivity index (χ1n) is 5.28. The fourth-order valence-electron chi connectivity index (χ4n) is 1.84. The van der Waals surface area contributed by atoms with Crippen LogP contribution in [0.3, 0.4) is 0 Å². The Labute approximate surface area is 123 Å². The Morgan fingerprint density at radius 3 is 2.72 bits per heavy atom. The Kier molecular flexibility index (Phi) is 3.15. The normalized spacial score (nSPS) is 21.3. The number of rotatable bonds is 1. The molecule has 2 aliphatic heterocycles. The molecule has 0 unspecified atom stereocenters. The fraction of sp³-hybridized carbons (Fsp3) is 0.182. The van der Waals surface area contributed by atoms with Gasteiger partial charge in [0.05, 0.1) is 11.4 Å². The lowest BCUT2D eigenvalue weighted by Gasteiger charge is -2.25. The Morgan fingerprint density at radius 2 is 2.00 bits per heavy atom. The molecule has 0 N–H and O–H groups in total. The lowest BCUT2D eigenvalue weighted by molar-refractivity contribution is 0.567. The van der Waals surface area contributed by atoms with E-state index >= 15 is 0 Å². The van der Waals surface area contributed by atoms with Crippen LogP contribution in [0, 0.1) is 3.57 Å². The van der Waals surface area contributed by atoms with Crippen LogP contribution in [-0.2, 0) is 10.0 Å². The third kappa shape index (κ3) is 2.30. The molecule has 2 heterocycles. The second-order valence-corrected chi connectivity index (χ2v) is 7.78. The summed E-state index contributed by atoms with van der Waals surface area (Å²) in [4.78, 5) is 1.97. The summed E-state index contributed by atoms with van der Waals surface area (Å²) in [5.41, 5.74) is 2.12. The minimum Gasteiger partial charge on any atom is -0.318 e. The summed E-state index contributed by atoms with van der Waals surface area (Å²) in [6.07, 6.45) is 0. The molecule has 0 amide bonds. The van der Waals surface area contributed by atoms with Crippen LogP contribution in [0.15, 0.2) is 34.1 Å². The second kappa shape index (κ2) is 4.53. The van der Waals surface area contributed by atoms with Crippen LogP contribution in [0.25, 0.3) is 5.70 Å². The Balaban J connectivity index is 1.96. The van der Waals surface area contributed by atoms with E-state index < -0.39 is 10.0 Å². The molecule has 0 spiro atoms. The largest absolute Gasteiger partial charge is 0.318 e. The smallest absolute Gasteiger partial charge is 0.257 e. The van der Waals surface area contributed by atoms with Gasteiger partial charge < -0.3 is 4.90 Å². The highest BCUT2D eigenvalue weighted by Crippen LogP contribution is 2.35. The third-order valence-corrected chi connectivity index (χ3v) is 5.58. The summed E-state index contributed by atoms with van der Waals surface area (Å²) < 4.78 is 27.8. The van der Waals surface area contributed by atoms with E-state index in [9.17, 15) is 8.42 Å². The van der Waals surface area contributed by atoms with Gasteiger partial charge in [-0.3, -0.25) is 0 Å². The van der Waals surface area contributed by atoms with E-state index in [0.29, 0.717) is 11.7 Å². The zero-order valence-electron chi connectivity index (χ0n) is 9.21. The fourth-order valence-corrected chi connectivity index (χ4v) is 4.35. The van der Waals surface area contributed by atoms with Gasteiger partial charge in [-0.15, -0.1) is 4.40 Å².